The zero-order valence-electron chi connectivity index (χ0n) is 7.85. The zero-order valence-corrected chi connectivity index (χ0v) is 7.85. The third-order valence-corrected chi connectivity index (χ3v) is 2.26. The standard InChI is InChI=1S/C9H17NO2/c1-3-4-5-6-9(2)7-12-8(11)10-9/h3-7H2,1-2H3,(H,10,11). The van der Waals surface area contributed by atoms with Crippen molar-refractivity contribution in [2.45, 2.75) is 45.1 Å². The van der Waals surface area contributed by atoms with Gasteiger partial charge in [-0.05, 0) is 13.3 Å². The van der Waals surface area contributed by atoms with Crippen molar-refractivity contribution in [3.63, 3.8) is 0 Å². The van der Waals surface area contributed by atoms with Gasteiger partial charge in [-0.1, -0.05) is 26.2 Å². The van der Waals surface area contributed by atoms with Gasteiger partial charge in [-0.3, -0.25) is 0 Å². The number of cyclic esters (lactones) is 1. The van der Waals surface area contributed by atoms with Crippen LogP contribution in [0.3, 0.4) is 0 Å². The summed E-state index contributed by atoms with van der Waals surface area (Å²) in [6, 6.07) is 0. The predicted octanol–water partition coefficient (Wildman–Crippen LogP) is 2.07. The molecule has 70 valence electrons. The average molecular weight is 171 g/mol. The van der Waals surface area contributed by atoms with Gasteiger partial charge in [-0.15, -0.1) is 0 Å². The number of hydrogen-bond acceptors (Lipinski definition) is 2. The van der Waals surface area contributed by atoms with E-state index in [2.05, 4.69) is 12.2 Å². The van der Waals surface area contributed by atoms with Crippen LogP contribution in [-0.4, -0.2) is 18.2 Å². The Hall–Kier alpha value is -0.730. The van der Waals surface area contributed by atoms with Crippen molar-refractivity contribution >= 4 is 6.09 Å². The number of unbranched alkanes of at least 4 members (excludes halogenated alkanes) is 2. The maximum Gasteiger partial charge on any atom is 0.407 e. The van der Waals surface area contributed by atoms with Gasteiger partial charge >= 0.3 is 6.09 Å². The lowest BCUT2D eigenvalue weighted by Gasteiger charge is -2.20. The summed E-state index contributed by atoms with van der Waals surface area (Å²) in [5.41, 5.74) is -0.105. The normalized spacial score (nSPS) is 28.3. The van der Waals surface area contributed by atoms with Crippen molar-refractivity contribution in [1.29, 1.82) is 0 Å². The van der Waals surface area contributed by atoms with Gasteiger partial charge < -0.3 is 10.1 Å². The minimum absolute atomic E-state index is 0.105. The van der Waals surface area contributed by atoms with Crippen LogP contribution in [0.25, 0.3) is 0 Å². The van der Waals surface area contributed by atoms with Gasteiger partial charge in [0.25, 0.3) is 0 Å². The number of nitrogens with one attached hydrogen (secondary N) is 1. The van der Waals surface area contributed by atoms with E-state index in [1.165, 1.54) is 12.8 Å². The molecule has 3 heteroatoms. The summed E-state index contributed by atoms with van der Waals surface area (Å²) >= 11 is 0. The van der Waals surface area contributed by atoms with E-state index in [1.807, 2.05) is 6.92 Å². The van der Waals surface area contributed by atoms with E-state index in [9.17, 15) is 4.79 Å². The first-order valence-electron chi connectivity index (χ1n) is 4.61. The molecule has 0 spiro atoms. The van der Waals surface area contributed by atoms with E-state index in [-0.39, 0.29) is 11.6 Å². The van der Waals surface area contributed by atoms with Crippen molar-refractivity contribution in [2.75, 3.05) is 6.61 Å². The van der Waals surface area contributed by atoms with Crippen LogP contribution >= 0.6 is 0 Å². The first-order valence-corrected chi connectivity index (χ1v) is 4.61. The van der Waals surface area contributed by atoms with Gasteiger partial charge in [0.05, 0.1) is 5.54 Å². The lowest BCUT2D eigenvalue weighted by molar-refractivity contribution is 0.172. The highest BCUT2D eigenvalue weighted by Gasteiger charge is 2.33. The lowest BCUT2D eigenvalue weighted by atomic mass is 9.96. The molecule has 1 aliphatic rings. The van der Waals surface area contributed by atoms with Gasteiger partial charge in [0, 0.05) is 0 Å². The molecule has 1 atom stereocenters. The SMILES string of the molecule is CCCCCC1(C)COC(=O)N1. The molecule has 1 rings (SSSR count). The second-order valence-electron chi connectivity index (χ2n) is 3.72. The molecule has 0 bridgehead atoms. The van der Waals surface area contributed by atoms with Crippen molar-refractivity contribution in [1.82, 2.24) is 5.32 Å². The summed E-state index contributed by atoms with van der Waals surface area (Å²) in [6.07, 6.45) is 4.36. The Labute approximate surface area is 73.5 Å². The van der Waals surface area contributed by atoms with Crippen molar-refractivity contribution in [3.05, 3.63) is 0 Å². The van der Waals surface area contributed by atoms with Crippen LogP contribution in [-0.2, 0) is 4.74 Å². The number of rotatable bonds is 4. The third kappa shape index (κ3) is 2.40. The number of alkyl carbamates (subject to hydrolysis) is 1. The largest absolute Gasteiger partial charge is 0.447 e. The molecule has 0 aliphatic carbocycles. The highest BCUT2D eigenvalue weighted by molar-refractivity contribution is 5.70. The molecule has 1 fully saturated rings. The molecule has 1 saturated heterocycles. The first kappa shape index (κ1) is 9.36. The number of carbonyl (C=O) groups excluding carboxylic acids is 1. The fraction of sp³-hybridized carbons (Fsp3) is 0.889. The third-order valence-electron chi connectivity index (χ3n) is 2.26. The van der Waals surface area contributed by atoms with E-state index in [1.54, 1.807) is 0 Å². The summed E-state index contributed by atoms with van der Waals surface area (Å²) < 4.78 is 4.85. The van der Waals surface area contributed by atoms with Gasteiger partial charge in [0.15, 0.2) is 0 Å². The summed E-state index contributed by atoms with van der Waals surface area (Å²) in [5, 5.41) is 2.83. The number of ether oxygens (including phenoxy) is 1. The molecule has 1 aliphatic heterocycles. The molecule has 1 amide bonds. The summed E-state index contributed by atoms with van der Waals surface area (Å²) in [6.45, 7) is 4.73. The van der Waals surface area contributed by atoms with E-state index in [0.29, 0.717) is 6.61 Å². The Bertz CT molecular complexity index is 170. The Morgan fingerprint density at radius 2 is 2.33 bits per heavy atom. The first-order chi connectivity index (χ1) is 5.66. The minimum atomic E-state index is -0.269. The molecule has 1 heterocycles. The Morgan fingerprint density at radius 3 is 2.83 bits per heavy atom. The second kappa shape index (κ2) is 3.78. The molecule has 1 N–H and O–H groups in total. The fourth-order valence-electron chi connectivity index (χ4n) is 1.44. The van der Waals surface area contributed by atoms with Crippen LogP contribution in [0.5, 0.6) is 0 Å². The van der Waals surface area contributed by atoms with E-state index in [0.717, 1.165) is 12.8 Å². The molecular formula is C9H17NO2. The number of carbonyl (C=O) groups is 1. The predicted molar refractivity (Wildman–Crippen MR) is 47.0 cm³/mol. The molecule has 0 aromatic carbocycles. The van der Waals surface area contributed by atoms with E-state index >= 15 is 0 Å². The van der Waals surface area contributed by atoms with Crippen LogP contribution in [0, 0.1) is 0 Å². The van der Waals surface area contributed by atoms with Crippen LogP contribution in [0.15, 0.2) is 0 Å². The zero-order chi connectivity index (χ0) is 9.03. The summed E-state index contributed by atoms with van der Waals surface area (Å²) in [7, 11) is 0. The van der Waals surface area contributed by atoms with Crippen LogP contribution in [0.2, 0.25) is 0 Å². The fourth-order valence-corrected chi connectivity index (χ4v) is 1.44. The van der Waals surface area contributed by atoms with Crippen LogP contribution in [0.1, 0.15) is 39.5 Å². The molecule has 12 heavy (non-hydrogen) atoms. The lowest BCUT2D eigenvalue weighted by Crippen LogP contribution is -2.39. The molecule has 0 aromatic rings. The molecule has 0 aromatic heterocycles. The van der Waals surface area contributed by atoms with Crippen LogP contribution in [0.4, 0.5) is 4.79 Å². The van der Waals surface area contributed by atoms with Gasteiger partial charge in [-0.25, -0.2) is 4.79 Å². The highest BCUT2D eigenvalue weighted by Crippen LogP contribution is 2.19. The number of hydrogen-bond donors (Lipinski definition) is 1. The Balaban J connectivity index is 2.25. The monoisotopic (exact) mass is 171 g/mol. The van der Waals surface area contributed by atoms with E-state index in [4.69, 9.17) is 4.74 Å². The quantitative estimate of drug-likeness (QED) is 0.657. The topological polar surface area (TPSA) is 38.3 Å². The minimum Gasteiger partial charge on any atom is -0.447 e. The van der Waals surface area contributed by atoms with Crippen molar-refractivity contribution in [3.8, 4) is 0 Å². The smallest absolute Gasteiger partial charge is 0.407 e. The maximum absolute atomic E-state index is 10.8. The van der Waals surface area contributed by atoms with Crippen LogP contribution < -0.4 is 5.32 Å². The Morgan fingerprint density at radius 1 is 1.58 bits per heavy atom. The molecule has 0 saturated carbocycles. The Kier molecular flexibility index (Phi) is 2.95. The van der Waals surface area contributed by atoms with Gasteiger partial charge in [-0.2, -0.15) is 0 Å². The second-order valence-corrected chi connectivity index (χ2v) is 3.72. The summed E-state index contributed by atoms with van der Waals surface area (Å²) in [4.78, 5) is 10.8. The van der Waals surface area contributed by atoms with Crippen molar-refractivity contribution in [2.24, 2.45) is 0 Å². The maximum atomic E-state index is 10.8. The van der Waals surface area contributed by atoms with Crippen molar-refractivity contribution < 1.29 is 9.53 Å². The summed E-state index contributed by atoms with van der Waals surface area (Å²) in [5.74, 6) is 0. The average Bonchev–Trinajstić information content (AvgIpc) is 2.32. The van der Waals surface area contributed by atoms with E-state index < -0.39 is 0 Å². The van der Waals surface area contributed by atoms with Gasteiger partial charge in [0.1, 0.15) is 6.61 Å². The molecule has 3 nitrogen and oxygen atoms in total. The van der Waals surface area contributed by atoms with Gasteiger partial charge in [0.2, 0.25) is 0 Å². The molecule has 1 unspecified atom stereocenters. The number of amides is 1. The highest BCUT2D eigenvalue weighted by atomic mass is 16.6. The molecule has 0 radical (unpaired) electrons. The molecular weight excluding hydrogens is 154 g/mol.